The summed E-state index contributed by atoms with van der Waals surface area (Å²) in [6.07, 6.45) is 1.78. The number of halogens is 2. The molecule has 1 N–H and O–H groups in total. The smallest absolute Gasteiger partial charge is 0.264 e. The topological polar surface area (TPSA) is 59.9 Å². The second-order valence-electron chi connectivity index (χ2n) is 7.00. The van der Waals surface area contributed by atoms with E-state index in [-0.39, 0.29) is 5.91 Å². The van der Waals surface area contributed by atoms with Crippen LogP contribution in [0.4, 0.5) is 5.69 Å². The number of benzene rings is 3. The molecule has 1 fully saturated rings. The fourth-order valence-electron chi connectivity index (χ4n) is 3.06. The molecule has 1 saturated heterocycles. The van der Waals surface area contributed by atoms with Crippen molar-refractivity contribution in [1.29, 1.82) is 0 Å². The van der Waals surface area contributed by atoms with Crippen molar-refractivity contribution in [3.63, 3.8) is 0 Å². The van der Waals surface area contributed by atoms with Gasteiger partial charge in [0.1, 0.15) is 12.4 Å². The van der Waals surface area contributed by atoms with Crippen LogP contribution in [-0.2, 0) is 11.4 Å². The van der Waals surface area contributed by atoms with Gasteiger partial charge in [-0.15, -0.1) is 0 Å². The maximum Gasteiger partial charge on any atom is 0.264 e. The van der Waals surface area contributed by atoms with Crippen molar-refractivity contribution in [3.05, 3.63) is 92.3 Å². The van der Waals surface area contributed by atoms with Crippen LogP contribution in [-0.4, -0.2) is 17.7 Å². The fraction of sp³-hybridized carbons (Fsp3) is 0.120. The largest absolute Gasteiger partial charge is 0.494 e. The second kappa shape index (κ2) is 10.9. The summed E-state index contributed by atoms with van der Waals surface area (Å²) >= 11 is 11.3. The zero-order valence-electron chi connectivity index (χ0n) is 17.7. The molecule has 0 atom stereocenters. The summed E-state index contributed by atoms with van der Waals surface area (Å²) in [4.78, 5) is 17.5. The number of rotatable bonds is 7. The normalized spacial score (nSPS) is 15.7. The number of hydrogen-bond donors (Lipinski definition) is 1. The van der Waals surface area contributed by atoms with Crippen molar-refractivity contribution in [2.24, 2.45) is 4.99 Å². The lowest BCUT2D eigenvalue weighted by Crippen LogP contribution is -2.19. The van der Waals surface area contributed by atoms with Gasteiger partial charge in [0.15, 0.2) is 10.9 Å². The van der Waals surface area contributed by atoms with Crippen LogP contribution >= 0.6 is 39.3 Å². The van der Waals surface area contributed by atoms with E-state index in [0.717, 1.165) is 22.6 Å². The van der Waals surface area contributed by atoms with E-state index in [2.05, 4.69) is 26.2 Å². The Bertz CT molecular complexity index is 1190. The minimum absolute atomic E-state index is 0.207. The maximum absolute atomic E-state index is 12.4. The third-order valence-corrected chi connectivity index (χ3v) is 6.35. The Morgan fingerprint density at radius 3 is 2.55 bits per heavy atom. The van der Waals surface area contributed by atoms with E-state index in [1.54, 1.807) is 12.1 Å². The fourth-order valence-corrected chi connectivity index (χ4v) is 4.89. The van der Waals surface area contributed by atoms with Crippen LogP contribution in [0.5, 0.6) is 11.5 Å². The lowest BCUT2D eigenvalue weighted by atomic mass is 10.2. The Balaban J connectivity index is 1.47. The summed E-state index contributed by atoms with van der Waals surface area (Å²) in [6.45, 7) is 2.95. The lowest BCUT2D eigenvalue weighted by molar-refractivity contribution is -0.115. The number of nitrogens with one attached hydrogen (secondary N) is 1. The highest BCUT2D eigenvalue weighted by Gasteiger charge is 2.24. The van der Waals surface area contributed by atoms with Gasteiger partial charge in [-0.05, 0) is 88.2 Å². The standard InChI is InChI=1S/C25H20BrClN2O3S/c1-2-31-19-10-8-18(9-11-19)28-25-29-24(30)22(33-25)14-17-12-20(26)23(21(27)13-17)32-15-16-6-4-3-5-7-16/h3-14H,2,15H2,1H3,(H,28,29,30)/b22-14+. The maximum atomic E-state index is 12.4. The average Bonchev–Trinajstić information content (AvgIpc) is 3.14. The first kappa shape index (κ1) is 23.4. The first-order valence-electron chi connectivity index (χ1n) is 10.2. The van der Waals surface area contributed by atoms with Crippen molar-refractivity contribution in [2.45, 2.75) is 13.5 Å². The summed E-state index contributed by atoms with van der Waals surface area (Å²) in [5.41, 5.74) is 2.55. The average molecular weight is 544 g/mol. The van der Waals surface area contributed by atoms with E-state index in [4.69, 9.17) is 21.1 Å². The molecule has 0 radical (unpaired) electrons. The molecule has 0 unspecified atom stereocenters. The van der Waals surface area contributed by atoms with Gasteiger partial charge in [0.25, 0.3) is 5.91 Å². The minimum atomic E-state index is -0.207. The lowest BCUT2D eigenvalue weighted by Gasteiger charge is -2.11. The zero-order valence-corrected chi connectivity index (χ0v) is 20.8. The summed E-state index contributed by atoms with van der Waals surface area (Å²) in [5.74, 6) is 1.13. The van der Waals surface area contributed by atoms with Crippen LogP contribution in [0, 0.1) is 0 Å². The molecule has 33 heavy (non-hydrogen) atoms. The first-order valence-corrected chi connectivity index (χ1v) is 12.2. The van der Waals surface area contributed by atoms with Gasteiger partial charge in [0.2, 0.25) is 0 Å². The van der Waals surface area contributed by atoms with Gasteiger partial charge in [-0.1, -0.05) is 41.9 Å². The number of amidine groups is 1. The van der Waals surface area contributed by atoms with Gasteiger partial charge in [0, 0.05) is 0 Å². The molecular weight excluding hydrogens is 524 g/mol. The second-order valence-corrected chi connectivity index (χ2v) is 9.29. The molecule has 1 amide bonds. The highest BCUT2D eigenvalue weighted by atomic mass is 79.9. The van der Waals surface area contributed by atoms with Crippen LogP contribution in [0.1, 0.15) is 18.1 Å². The third kappa shape index (κ3) is 6.19. The molecule has 1 heterocycles. The molecule has 0 aromatic heterocycles. The molecule has 3 aromatic rings. The van der Waals surface area contributed by atoms with E-state index >= 15 is 0 Å². The SMILES string of the molecule is CCOc1ccc(N=C2NC(=O)/C(=C\c3cc(Cl)c(OCc4ccccc4)c(Br)c3)S2)cc1. The van der Waals surface area contributed by atoms with Gasteiger partial charge >= 0.3 is 0 Å². The van der Waals surface area contributed by atoms with Crippen molar-refractivity contribution < 1.29 is 14.3 Å². The van der Waals surface area contributed by atoms with Crippen molar-refractivity contribution in [3.8, 4) is 11.5 Å². The Morgan fingerprint density at radius 2 is 1.85 bits per heavy atom. The number of aliphatic imine (C=N–C) groups is 1. The number of amides is 1. The minimum Gasteiger partial charge on any atom is -0.494 e. The van der Waals surface area contributed by atoms with E-state index < -0.39 is 0 Å². The molecule has 0 aliphatic carbocycles. The van der Waals surface area contributed by atoms with Gasteiger partial charge in [-0.2, -0.15) is 0 Å². The molecule has 0 saturated carbocycles. The van der Waals surface area contributed by atoms with Crippen molar-refractivity contribution in [2.75, 3.05) is 6.61 Å². The molecule has 168 valence electrons. The molecule has 4 rings (SSSR count). The first-order chi connectivity index (χ1) is 16.0. The van der Waals surface area contributed by atoms with Crippen LogP contribution in [0.15, 0.2) is 81.1 Å². The number of ether oxygens (including phenoxy) is 2. The van der Waals surface area contributed by atoms with E-state index in [0.29, 0.717) is 38.5 Å². The number of nitrogens with zero attached hydrogens (tertiary/aromatic N) is 1. The summed E-state index contributed by atoms with van der Waals surface area (Å²) in [6, 6.07) is 20.9. The molecule has 5 nitrogen and oxygen atoms in total. The predicted octanol–water partition coefficient (Wildman–Crippen LogP) is 6.97. The Hall–Kier alpha value is -2.74. The molecule has 8 heteroatoms. The predicted molar refractivity (Wildman–Crippen MR) is 138 cm³/mol. The highest BCUT2D eigenvalue weighted by Crippen LogP contribution is 2.37. The summed E-state index contributed by atoms with van der Waals surface area (Å²) < 4.78 is 12.0. The van der Waals surface area contributed by atoms with Crippen molar-refractivity contribution in [1.82, 2.24) is 5.32 Å². The molecular formula is C25H20BrClN2O3S. The number of carbonyl (C=O) groups is 1. The van der Waals surface area contributed by atoms with Gasteiger partial charge < -0.3 is 14.8 Å². The molecule has 1 aliphatic heterocycles. The summed E-state index contributed by atoms with van der Waals surface area (Å²) in [7, 11) is 0. The van der Waals surface area contributed by atoms with Gasteiger partial charge in [-0.3, -0.25) is 4.79 Å². The Labute approximate surface area is 210 Å². The van der Waals surface area contributed by atoms with Crippen LogP contribution < -0.4 is 14.8 Å². The number of carbonyl (C=O) groups excluding carboxylic acids is 1. The van der Waals surface area contributed by atoms with Crippen LogP contribution in [0.2, 0.25) is 5.02 Å². The monoisotopic (exact) mass is 542 g/mol. The van der Waals surface area contributed by atoms with E-state index in [1.807, 2.05) is 67.6 Å². The Kier molecular flexibility index (Phi) is 7.75. The summed E-state index contributed by atoms with van der Waals surface area (Å²) in [5, 5.41) is 3.77. The quantitative estimate of drug-likeness (QED) is 0.327. The highest BCUT2D eigenvalue weighted by molar-refractivity contribution is 9.10. The molecule has 0 bridgehead atoms. The molecule has 1 aliphatic rings. The van der Waals surface area contributed by atoms with Crippen LogP contribution in [0.25, 0.3) is 6.08 Å². The zero-order chi connectivity index (χ0) is 23.2. The van der Waals surface area contributed by atoms with Gasteiger partial charge in [-0.25, -0.2) is 4.99 Å². The van der Waals surface area contributed by atoms with Gasteiger partial charge in [0.05, 0.1) is 26.7 Å². The molecule has 3 aromatic carbocycles. The van der Waals surface area contributed by atoms with E-state index in [1.165, 1.54) is 11.8 Å². The Morgan fingerprint density at radius 1 is 1.09 bits per heavy atom. The van der Waals surface area contributed by atoms with E-state index in [9.17, 15) is 4.79 Å². The number of thioether (sulfide) groups is 1. The number of hydrogen-bond acceptors (Lipinski definition) is 5. The molecule has 0 spiro atoms. The van der Waals surface area contributed by atoms with Crippen molar-refractivity contribution >= 4 is 62.1 Å². The van der Waals surface area contributed by atoms with Crippen LogP contribution in [0.3, 0.4) is 0 Å². The third-order valence-electron chi connectivity index (χ3n) is 4.57.